The van der Waals surface area contributed by atoms with E-state index in [1.807, 2.05) is 18.9 Å². The first-order chi connectivity index (χ1) is 7.04. The fourth-order valence-electron chi connectivity index (χ4n) is 2.55. The van der Waals surface area contributed by atoms with Crippen LogP contribution < -0.4 is 0 Å². The summed E-state index contributed by atoms with van der Waals surface area (Å²) in [5.74, 6) is 0.274. The second-order valence-electron chi connectivity index (χ2n) is 4.38. The van der Waals surface area contributed by atoms with Gasteiger partial charge >= 0.3 is 0 Å². The van der Waals surface area contributed by atoms with Crippen LogP contribution in [0.15, 0.2) is 11.8 Å². The lowest BCUT2D eigenvalue weighted by Crippen LogP contribution is -2.52. The number of nitriles is 1. The summed E-state index contributed by atoms with van der Waals surface area (Å²) in [6, 6.07) is 2.27. The van der Waals surface area contributed by atoms with Crippen LogP contribution in [0.1, 0.15) is 13.3 Å². The highest BCUT2D eigenvalue weighted by molar-refractivity contribution is 6.02. The fraction of sp³-hybridized carbons (Fsp3) is 0.636. The predicted molar refractivity (Wildman–Crippen MR) is 53.8 cm³/mol. The van der Waals surface area contributed by atoms with Crippen LogP contribution in [0.3, 0.4) is 0 Å². The smallest absolute Gasteiger partial charge is 0.216 e. The SMILES string of the molecule is COC1=C[C@H]2[C@H](C#N)C[C@@](C)(C1=O)N2C. The van der Waals surface area contributed by atoms with Crippen molar-refractivity contribution in [3.63, 3.8) is 0 Å². The highest BCUT2D eigenvalue weighted by Crippen LogP contribution is 2.43. The van der Waals surface area contributed by atoms with Crippen LogP contribution in [-0.4, -0.2) is 36.4 Å². The van der Waals surface area contributed by atoms with Gasteiger partial charge in [0, 0.05) is 6.04 Å². The number of rotatable bonds is 1. The number of methoxy groups -OCH3 is 1. The first kappa shape index (κ1) is 10.2. The van der Waals surface area contributed by atoms with Gasteiger partial charge in [-0.1, -0.05) is 0 Å². The van der Waals surface area contributed by atoms with Crippen molar-refractivity contribution in [1.29, 1.82) is 5.26 Å². The number of ether oxygens (including phenoxy) is 1. The Balaban J connectivity index is 2.48. The molecular weight excluding hydrogens is 192 g/mol. The third kappa shape index (κ3) is 1.13. The van der Waals surface area contributed by atoms with Crippen LogP contribution in [0.2, 0.25) is 0 Å². The van der Waals surface area contributed by atoms with E-state index in [1.54, 1.807) is 6.08 Å². The molecule has 0 saturated carbocycles. The third-order valence-electron chi connectivity index (χ3n) is 3.68. The largest absolute Gasteiger partial charge is 0.493 e. The lowest BCUT2D eigenvalue weighted by molar-refractivity contribution is -0.128. The third-order valence-corrected chi connectivity index (χ3v) is 3.68. The van der Waals surface area contributed by atoms with E-state index >= 15 is 0 Å². The van der Waals surface area contributed by atoms with E-state index in [1.165, 1.54) is 7.11 Å². The summed E-state index contributed by atoms with van der Waals surface area (Å²) in [7, 11) is 3.39. The van der Waals surface area contributed by atoms with Gasteiger partial charge in [0.05, 0.1) is 24.6 Å². The van der Waals surface area contributed by atoms with Gasteiger partial charge in [-0.15, -0.1) is 0 Å². The molecule has 15 heavy (non-hydrogen) atoms. The quantitative estimate of drug-likeness (QED) is 0.633. The molecule has 2 heterocycles. The number of nitrogens with zero attached hydrogens (tertiary/aromatic N) is 2. The Labute approximate surface area is 89.1 Å². The topological polar surface area (TPSA) is 53.3 Å². The molecule has 0 aliphatic carbocycles. The molecule has 0 N–H and O–H groups in total. The normalized spacial score (nSPS) is 39.9. The van der Waals surface area contributed by atoms with Crippen LogP contribution in [0.4, 0.5) is 0 Å². The van der Waals surface area contributed by atoms with Crippen molar-refractivity contribution in [2.24, 2.45) is 5.92 Å². The lowest BCUT2D eigenvalue weighted by Gasteiger charge is -2.36. The summed E-state index contributed by atoms with van der Waals surface area (Å²) in [5, 5.41) is 9.03. The van der Waals surface area contributed by atoms with Gasteiger partial charge in [-0.2, -0.15) is 5.26 Å². The van der Waals surface area contributed by atoms with Crippen molar-refractivity contribution >= 4 is 5.78 Å². The van der Waals surface area contributed by atoms with Crippen LogP contribution >= 0.6 is 0 Å². The highest BCUT2D eigenvalue weighted by Gasteiger charge is 2.55. The first-order valence-electron chi connectivity index (χ1n) is 4.97. The highest BCUT2D eigenvalue weighted by atomic mass is 16.5. The average molecular weight is 206 g/mol. The Kier molecular flexibility index (Phi) is 2.09. The van der Waals surface area contributed by atoms with Gasteiger partial charge in [0.2, 0.25) is 5.78 Å². The molecule has 0 spiro atoms. The molecule has 0 aromatic heterocycles. The second-order valence-corrected chi connectivity index (χ2v) is 4.38. The average Bonchev–Trinajstić information content (AvgIpc) is 2.41. The van der Waals surface area contributed by atoms with Gasteiger partial charge in [-0.25, -0.2) is 0 Å². The fourth-order valence-corrected chi connectivity index (χ4v) is 2.55. The molecule has 0 aromatic rings. The van der Waals surface area contributed by atoms with Crippen molar-refractivity contribution in [3.05, 3.63) is 11.8 Å². The number of carbonyl (C=O) groups is 1. The standard InChI is InChI=1S/C11H14N2O2/c1-11-5-7(6-12)8(13(11)2)4-9(15-3)10(11)14/h4,7-8H,5H2,1-3H3/t7-,8-,11-/m0/s1. The van der Waals surface area contributed by atoms with E-state index in [0.717, 1.165) is 0 Å². The maximum atomic E-state index is 12.1. The van der Waals surface area contributed by atoms with Crippen molar-refractivity contribution in [3.8, 4) is 6.07 Å². The molecule has 4 heteroatoms. The van der Waals surface area contributed by atoms with Gasteiger partial charge in [0.1, 0.15) is 0 Å². The minimum Gasteiger partial charge on any atom is -0.493 e. The molecular formula is C11H14N2O2. The Morgan fingerprint density at radius 2 is 2.40 bits per heavy atom. The minimum atomic E-state index is -0.564. The number of Topliss-reactive ketones (excluding diaryl/α,β-unsaturated/α-hetero) is 1. The summed E-state index contributed by atoms with van der Waals surface area (Å²) >= 11 is 0. The number of hydrogen-bond acceptors (Lipinski definition) is 4. The molecule has 1 saturated heterocycles. The zero-order chi connectivity index (χ0) is 11.2. The van der Waals surface area contributed by atoms with Gasteiger partial charge in [0.15, 0.2) is 5.76 Å². The van der Waals surface area contributed by atoms with Gasteiger partial charge in [-0.05, 0) is 26.5 Å². The summed E-state index contributed by atoms with van der Waals surface area (Å²) in [6.07, 6.45) is 2.36. The van der Waals surface area contributed by atoms with Gasteiger partial charge in [-0.3, -0.25) is 9.69 Å². The number of likely N-dealkylation sites (N-methyl/N-ethyl adjacent to an activating group) is 1. The number of ketones is 1. The molecule has 0 unspecified atom stereocenters. The molecule has 1 fully saturated rings. The maximum Gasteiger partial charge on any atom is 0.216 e. The van der Waals surface area contributed by atoms with Gasteiger partial charge < -0.3 is 4.74 Å². The summed E-state index contributed by atoms with van der Waals surface area (Å²) < 4.78 is 5.07. The molecule has 4 nitrogen and oxygen atoms in total. The molecule has 0 radical (unpaired) electrons. The molecule has 2 rings (SSSR count). The van der Waals surface area contributed by atoms with Crippen molar-refractivity contribution < 1.29 is 9.53 Å². The molecule has 0 aromatic carbocycles. The van der Waals surface area contributed by atoms with Crippen LogP contribution in [0.5, 0.6) is 0 Å². The van der Waals surface area contributed by atoms with E-state index in [0.29, 0.717) is 12.2 Å². The second kappa shape index (κ2) is 3.07. The molecule has 3 atom stereocenters. The van der Waals surface area contributed by atoms with E-state index in [2.05, 4.69) is 6.07 Å². The molecule has 2 bridgehead atoms. The van der Waals surface area contributed by atoms with Crippen molar-refractivity contribution in [2.75, 3.05) is 14.2 Å². The summed E-state index contributed by atoms with van der Waals surface area (Å²) in [6.45, 7) is 1.88. The Bertz CT molecular complexity index is 383. The maximum absolute atomic E-state index is 12.1. The van der Waals surface area contributed by atoms with Crippen LogP contribution in [0, 0.1) is 17.2 Å². The monoisotopic (exact) mass is 206 g/mol. The predicted octanol–water partition coefficient (Wildman–Crippen LogP) is 0.702. The molecule has 2 aliphatic heterocycles. The van der Waals surface area contributed by atoms with E-state index in [9.17, 15) is 4.79 Å². The lowest BCUT2D eigenvalue weighted by atomic mass is 9.90. The number of fused-ring (bicyclic) bond motifs is 2. The van der Waals surface area contributed by atoms with Gasteiger partial charge in [0.25, 0.3) is 0 Å². The Hall–Kier alpha value is -1.34. The van der Waals surface area contributed by atoms with Crippen molar-refractivity contribution in [1.82, 2.24) is 4.90 Å². The Morgan fingerprint density at radius 3 is 2.93 bits per heavy atom. The first-order valence-corrected chi connectivity index (χ1v) is 4.97. The molecule has 0 amide bonds. The van der Waals surface area contributed by atoms with Crippen LogP contribution in [0.25, 0.3) is 0 Å². The van der Waals surface area contributed by atoms with E-state index in [4.69, 9.17) is 10.00 Å². The number of carbonyl (C=O) groups excluding carboxylic acids is 1. The molecule has 2 aliphatic rings. The summed E-state index contributed by atoms with van der Waals surface area (Å²) in [4.78, 5) is 14.0. The zero-order valence-corrected chi connectivity index (χ0v) is 9.15. The van der Waals surface area contributed by atoms with E-state index in [-0.39, 0.29) is 17.7 Å². The Morgan fingerprint density at radius 1 is 1.73 bits per heavy atom. The number of hydrogen-bond donors (Lipinski definition) is 0. The molecule has 80 valence electrons. The van der Waals surface area contributed by atoms with E-state index < -0.39 is 5.54 Å². The minimum absolute atomic E-state index is 0.00708. The zero-order valence-electron chi connectivity index (χ0n) is 9.15. The van der Waals surface area contributed by atoms with Crippen molar-refractivity contribution in [2.45, 2.75) is 24.9 Å². The summed E-state index contributed by atoms with van der Waals surface area (Å²) in [5.41, 5.74) is -0.564. The van der Waals surface area contributed by atoms with Crippen LogP contribution in [-0.2, 0) is 9.53 Å².